The molecule has 0 radical (unpaired) electrons. The van der Waals surface area contributed by atoms with Crippen molar-refractivity contribution >= 4 is 40.2 Å². The van der Waals surface area contributed by atoms with Crippen molar-refractivity contribution < 1.29 is 24.9 Å². The minimum atomic E-state index is -1.31. The first-order chi connectivity index (χ1) is 16.9. The summed E-state index contributed by atoms with van der Waals surface area (Å²) in [6.07, 6.45) is -0.149. The topological polar surface area (TPSA) is 172 Å². The molecule has 1 aliphatic heterocycles. The van der Waals surface area contributed by atoms with Crippen LogP contribution in [0.2, 0.25) is 5.02 Å². The van der Waals surface area contributed by atoms with E-state index < -0.39 is 31.1 Å². The van der Waals surface area contributed by atoms with Crippen molar-refractivity contribution in [2.24, 2.45) is 0 Å². The van der Waals surface area contributed by atoms with Gasteiger partial charge < -0.3 is 30.7 Å². The van der Waals surface area contributed by atoms with Gasteiger partial charge >= 0.3 is 0 Å². The predicted molar refractivity (Wildman–Crippen MR) is 124 cm³/mol. The van der Waals surface area contributed by atoms with Crippen LogP contribution in [-0.2, 0) is 4.74 Å². The number of imidazole rings is 1. The van der Waals surface area contributed by atoms with Crippen LogP contribution in [0.3, 0.4) is 0 Å². The van der Waals surface area contributed by atoms with E-state index in [9.17, 15) is 20.1 Å². The third-order valence-electron chi connectivity index (χ3n) is 5.59. The van der Waals surface area contributed by atoms with Crippen LogP contribution >= 0.6 is 11.6 Å². The zero-order valence-corrected chi connectivity index (χ0v) is 19.0. The summed E-state index contributed by atoms with van der Waals surface area (Å²) >= 11 is 5.87. The second kappa shape index (κ2) is 9.20. The van der Waals surface area contributed by atoms with Gasteiger partial charge in [-0.3, -0.25) is 9.36 Å². The van der Waals surface area contributed by atoms with Gasteiger partial charge in [-0.15, -0.1) is 0 Å². The molecule has 182 valence electrons. The number of aliphatic hydroxyl groups excluding tert-OH is 3. The molecule has 4 atom stereocenters. The first-order valence-corrected chi connectivity index (χ1v) is 10.9. The number of amides is 1. The molecule has 1 aromatic carbocycles. The zero-order valence-electron chi connectivity index (χ0n) is 18.3. The standard InChI is InChI=1S/C21H21ClN8O5/c1-23-17-14-18(29(9-24-14)20-16(33)15(32)13(8-31)35-20)28-21(27-17)30-7-12(6-25-30)26-19(34)10-2-4-11(22)5-3-10/h2-7,9,13,15-16,20,31-33H,8H2,1H3,(H,26,34)(H,23,27,28)/t13-,15-,16-,20-/m1/s1. The Morgan fingerprint density at radius 3 is 2.66 bits per heavy atom. The zero-order chi connectivity index (χ0) is 24.7. The van der Waals surface area contributed by atoms with Crippen LogP contribution in [-0.4, -0.2) is 82.5 Å². The highest BCUT2D eigenvalue weighted by molar-refractivity contribution is 6.30. The molecule has 1 fully saturated rings. The number of benzene rings is 1. The maximum Gasteiger partial charge on any atom is 0.255 e. The Balaban J connectivity index is 1.46. The van der Waals surface area contributed by atoms with Gasteiger partial charge in [-0.25, -0.2) is 9.67 Å². The largest absolute Gasteiger partial charge is 0.394 e. The fourth-order valence-corrected chi connectivity index (χ4v) is 3.91. The highest BCUT2D eigenvalue weighted by Gasteiger charge is 2.44. The molecule has 0 bridgehead atoms. The summed E-state index contributed by atoms with van der Waals surface area (Å²) in [4.78, 5) is 25.8. The third-order valence-corrected chi connectivity index (χ3v) is 5.84. The molecule has 4 aromatic rings. The Hall–Kier alpha value is -3.62. The number of ether oxygens (including phenoxy) is 1. The number of nitrogens with zero attached hydrogens (tertiary/aromatic N) is 6. The summed E-state index contributed by atoms with van der Waals surface area (Å²) < 4.78 is 8.44. The monoisotopic (exact) mass is 500 g/mol. The summed E-state index contributed by atoms with van der Waals surface area (Å²) in [5.74, 6) is 0.205. The summed E-state index contributed by atoms with van der Waals surface area (Å²) in [5, 5.41) is 40.4. The number of aliphatic hydroxyl groups is 3. The highest BCUT2D eigenvalue weighted by Crippen LogP contribution is 2.32. The van der Waals surface area contributed by atoms with Crippen LogP contribution in [0.15, 0.2) is 43.0 Å². The molecule has 1 aliphatic rings. The lowest BCUT2D eigenvalue weighted by molar-refractivity contribution is -0.0511. The van der Waals surface area contributed by atoms with Gasteiger partial charge in [0, 0.05) is 17.6 Å². The van der Waals surface area contributed by atoms with Gasteiger partial charge in [0.15, 0.2) is 23.2 Å². The molecule has 0 unspecified atom stereocenters. The summed E-state index contributed by atoms with van der Waals surface area (Å²) in [7, 11) is 1.66. The maximum atomic E-state index is 12.5. The van der Waals surface area contributed by atoms with E-state index in [1.807, 2.05) is 0 Å². The van der Waals surface area contributed by atoms with Gasteiger partial charge in [0.1, 0.15) is 18.3 Å². The minimum absolute atomic E-state index is 0.155. The van der Waals surface area contributed by atoms with E-state index in [0.29, 0.717) is 33.3 Å². The molecule has 3 aromatic heterocycles. The van der Waals surface area contributed by atoms with Crippen molar-refractivity contribution in [2.45, 2.75) is 24.5 Å². The number of hydrogen-bond donors (Lipinski definition) is 5. The van der Waals surface area contributed by atoms with Gasteiger partial charge in [-0.05, 0) is 24.3 Å². The molecule has 1 amide bonds. The van der Waals surface area contributed by atoms with Crippen LogP contribution in [0.1, 0.15) is 16.6 Å². The molecule has 35 heavy (non-hydrogen) atoms. The second-order valence-corrected chi connectivity index (χ2v) is 8.25. The van der Waals surface area contributed by atoms with Crippen molar-refractivity contribution in [3.63, 3.8) is 0 Å². The number of anilines is 2. The fourth-order valence-electron chi connectivity index (χ4n) is 3.78. The predicted octanol–water partition coefficient (Wildman–Crippen LogP) is 0.571. The van der Waals surface area contributed by atoms with Crippen molar-refractivity contribution in [1.82, 2.24) is 29.3 Å². The molecule has 5 rings (SSSR count). The van der Waals surface area contributed by atoms with Crippen LogP contribution in [0, 0.1) is 0 Å². The van der Waals surface area contributed by atoms with Crippen molar-refractivity contribution in [3.05, 3.63) is 53.6 Å². The van der Waals surface area contributed by atoms with E-state index in [2.05, 4.69) is 30.7 Å². The molecule has 0 aliphatic carbocycles. The number of nitrogens with one attached hydrogen (secondary N) is 2. The van der Waals surface area contributed by atoms with E-state index >= 15 is 0 Å². The maximum absolute atomic E-state index is 12.5. The number of rotatable bonds is 6. The van der Waals surface area contributed by atoms with Gasteiger partial charge in [0.05, 0.1) is 31.0 Å². The smallest absolute Gasteiger partial charge is 0.255 e. The molecule has 4 heterocycles. The second-order valence-electron chi connectivity index (χ2n) is 7.81. The lowest BCUT2D eigenvalue weighted by Gasteiger charge is -2.17. The first-order valence-electron chi connectivity index (χ1n) is 10.6. The van der Waals surface area contributed by atoms with Crippen molar-refractivity contribution in [3.8, 4) is 5.95 Å². The third kappa shape index (κ3) is 4.19. The van der Waals surface area contributed by atoms with Crippen LogP contribution in [0.5, 0.6) is 0 Å². The van der Waals surface area contributed by atoms with Gasteiger partial charge in [0.25, 0.3) is 11.9 Å². The SMILES string of the molecule is CNc1nc(-n2cc(NC(=O)c3ccc(Cl)cc3)cn2)nc2c1ncn2[C@@H]1O[C@H](CO)[C@@H](O)[C@H]1O. The van der Waals surface area contributed by atoms with Gasteiger partial charge in [-0.1, -0.05) is 11.6 Å². The number of aromatic nitrogens is 6. The fraction of sp³-hybridized carbons (Fsp3) is 0.286. The van der Waals surface area contributed by atoms with E-state index in [1.165, 1.54) is 21.8 Å². The Morgan fingerprint density at radius 2 is 1.97 bits per heavy atom. The average molecular weight is 501 g/mol. The number of carbonyl (C=O) groups is 1. The normalized spacial score (nSPS) is 22.0. The minimum Gasteiger partial charge on any atom is -0.394 e. The molecule has 13 nitrogen and oxygen atoms in total. The molecular formula is C21H21ClN8O5. The quantitative estimate of drug-likeness (QED) is 0.252. The summed E-state index contributed by atoms with van der Waals surface area (Å²) in [6, 6.07) is 6.46. The number of hydrogen-bond acceptors (Lipinski definition) is 10. The van der Waals surface area contributed by atoms with Gasteiger partial charge in [-0.2, -0.15) is 15.1 Å². The van der Waals surface area contributed by atoms with E-state index in [4.69, 9.17) is 16.3 Å². The highest BCUT2D eigenvalue weighted by atomic mass is 35.5. The van der Waals surface area contributed by atoms with Crippen molar-refractivity contribution in [1.29, 1.82) is 0 Å². The summed E-state index contributed by atoms with van der Waals surface area (Å²) in [6.45, 7) is -0.457. The molecule has 0 spiro atoms. The summed E-state index contributed by atoms with van der Waals surface area (Å²) in [5.41, 5.74) is 1.55. The lowest BCUT2D eigenvalue weighted by atomic mass is 10.1. The molecule has 5 N–H and O–H groups in total. The average Bonchev–Trinajstić information content (AvgIpc) is 3.57. The number of carbonyl (C=O) groups excluding carboxylic acids is 1. The first kappa shape index (κ1) is 23.1. The van der Waals surface area contributed by atoms with Crippen molar-refractivity contribution in [2.75, 3.05) is 24.3 Å². The van der Waals surface area contributed by atoms with E-state index in [0.717, 1.165) is 0 Å². The Kier molecular flexibility index (Phi) is 6.08. The molecular weight excluding hydrogens is 480 g/mol. The Labute approximate surface area is 203 Å². The Morgan fingerprint density at radius 1 is 1.20 bits per heavy atom. The molecule has 1 saturated heterocycles. The van der Waals surface area contributed by atoms with Crippen LogP contribution in [0.25, 0.3) is 17.1 Å². The number of halogens is 1. The van der Waals surface area contributed by atoms with E-state index in [-0.39, 0.29) is 11.9 Å². The van der Waals surface area contributed by atoms with Gasteiger partial charge in [0.2, 0.25) is 0 Å². The lowest BCUT2D eigenvalue weighted by Crippen LogP contribution is -2.33. The molecule has 0 saturated carbocycles. The van der Waals surface area contributed by atoms with E-state index in [1.54, 1.807) is 37.5 Å². The number of fused-ring (bicyclic) bond motifs is 1. The van der Waals surface area contributed by atoms with Crippen LogP contribution < -0.4 is 10.6 Å². The van der Waals surface area contributed by atoms with Crippen LogP contribution in [0.4, 0.5) is 11.5 Å². The molecule has 14 heteroatoms. The Bertz CT molecular complexity index is 1370.